The number of nitrogens with one attached hydrogen (secondary N) is 1. The molecule has 0 saturated heterocycles. The van der Waals surface area contributed by atoms with Crippen LogP contribution in [0.3, 0.4) is 0 Å². The summed E-state index contributed by atoms with van der Waals surface area (Å²) in [5.74, 6) is 1.01. The molecule has 29 heavy (non-hydrogen) atoms. The Morgan fingerprint density at radius 1 is 1.17 bits per heavy atom. The fraction of sp³-hybridized carbons (Fsp3) is 0.190. The predicted octanol–water partition coefficient (Wildman–Crippen LogP) is 3.70. The number of para-hydroxylation sites is 1. The molecular weight excluding hydrogens is 391 g/mol. The zero-order chi connectivity index (χ0) is 20.5. The van der Waals surface area contributed by atoms with Crippen LogP contribution in [0.1, 0.15) is 16.2 Å². The SMILES string of the molecule is C=CCn1c(CNC(=O)c2ccccc2F)nnc1SCCOc1ccccc1. The lowest BCUT2D eigenvalue weighted by atomic mass is 10.2. The molecule has 0 radical (unpaired) electrons. The average Bonchev–Trinajstić information content (AvgIpc) is 3.12. The molecule has 1 amide bonds. The van der Waals surface area contributed by atoms with Crippen molar-refractivity contribution in [3.8, 4) is 5.75 Å². The van der Waals surface area contributed by atoms with Crippen LogP contribution in [-0.2, 0) is 13.1 Å². The Hall–Kier alpha value is -3.13. The molecule has 6 nitrogen and oxygen atoms in total. The van der Waals surface area contributed by atoms with Crippen LogP contribution in [0.4, 0.5) is 4.39 Å². The minimum absolute atomic E-state index is 0.00468. The third-order valence-electron chi connectivity index (χ3n) is 3.96. The van der Waals surface area contributed by atoms with Crippen LogP contribution >= 0.6 is 11.8 Å². The number of hydrogen-bond acceptors (Lipinski definition) is 5. The van der Waals surface area contributed by atoms with E-state index in [4.69, 9.17) is 4.74 Å². The van der Waals surface area contributed by atoms with Crippen molar-refractivity contribution < 1.29 is 13.9 Å². The fourth-order valence-electron chi connectivity index (χ4n) is 2.58. The molecule has 0 fully saturated rings. The highest BCUT2D eigenvalue weighted by Crippen LogP contribution is 2.18. The Bertz CT molecular complexity index is 962. The smallest absolute Gasteiger partial charge is 0.254 e. The van der Waals surface area contributed by atoms with Crippen LogP contribution in [0.25, 0.3) is 0 Å². The Morgan fingerprint density at radius 3 is 2.69 bits per heavy atom. The summed E-state index contributed by atoms with van der Waals surface area (Å²) in [7, 11) is 0. The number of halogens is 1. The first-order valence-corrected chi connectivity index (χ1v) is 10.0. The first kappa shape index (κ1) is 20.6. The molecule has 2 aromatic carbocycles. The van der Waals surface area contributed by atoms with Gasteiger partial charge in [0.15, 0.2) is 11.0 Å². The molecule has 0 atom stereocenters. The monoisotopic (exact) mass is 412 g/mol. The van der Waals surface area contributed by atoms with Crippen molar-refractivity contribution in [2.75, 3.05) is 12.4 Å². The van der Waals surface area contributed by atoms with Gasteiger partial charge in [0.25, 0.3) is 5.91 Å². The first-order chi connectivity index (χ1) is 14.2. The maximum Gasteiger partial charge on any atom is 0.254 e. The lowest BCUT2D eigenvalue weighted by Crippen LogP contribution is -2.25. The van der Waals surface area contributed by atoms with Gasteiger partial charge in [-0.25, -0.2) is 4.39 Å². The van der Waals surface area contributed by atoms with Crippen molar-refractivity contribution in [1.29, 1.82) is 0 Å². The van der Waals surface area contributed by atoms with Crippen molar-refractivity contribution in [2.45, 2.75) is 18.2 Å². The minimum atomic E-state index is -0.563. The lowest BCUT2D eigenvalue weighted by Gasteiger charge is -2.09. The standard InChI is InChI=1S/C21H21FN4O2S/c1-2-12-26-19(15-23-20(27)17-10-6-7-11-18(17)22)24-25-21(26)29-14-13-28-16-8-4-3-5-9-16/h2-11H,1,12-15H2,(H,23,27). The molecule has 1 heterocycles. The molecule has 0 aliphatic carbocycles. The number of hydrogen-bond donors (Lipinski definition) is 1. The quantitative estimate of drug-likeness (QED) is 0.312. The molecule has 0 spiro atoms. The highest BCUT2D eigenvalue weighted by Gasteiger charge is 2.15. The van der Waals surface area contributed by atoms with E-state index >= 15 is 0 Å². The van der Waals surface area contributed by atoms with Crippen LogP contribution in [0.5, 0.6) is 5.75 Å². The molecule has 3 aromatic rings. The van der Waals surface area contributed by atoms with Crippen LogP contribution in [0, 0.1) is 5.82 Å². The highest BCUT2D eigenvalue weighted by molar-refractivity contribution is 7.99. The van der Waals surface area contributed by atoms with E-state index in [1.54, 1.807) is 12.1 Å². The topological polar surface area (TPSA) is 69.0 Å². The summed E-state index contributed by atoms with van der Waals surface area (Å²) in [6, 6.07) is 15.4. The molecule has 0 unspecified atom stereocenters. The Labute approximate surface area is 172 Å². The summed E-state index contributed by atoms with van der Waals surface area (Å²) < 4.78 is 21.3. The number of ether oxygens (including phenoxy) is 1. The highest BCUT2D eigenvalue weighted by atomic mass is 32.2. The Balaban J connectivity index is 1.57. The summed E-state index contributed by atoms with van der Waals surface area (Å²) in [5, 5.41) is 11.7. The van der Waals surface area contributed by atoms with Gasteiger partial charge in [-0.1, -0.05) is 48.2 Å². The van der Waals surface area contributed by atoms with Gasteiger partial charge in [0.1, 0.15) is 11.6 Å². The molecule has 1 aromatic heterocycles. The molecule has 0 aliphatic rings. The molecule has 1 N–H and O–H groups in total. The van der Waals surface area contributed by atoms with Gasteiger partial charge in [-0.3, -0.25) is 4.79 Å². The van der Waals surface area contributed by atoms with Gasteiger partial charge in [-0.2, -0.15) is 0 Å². The molecule has 150 valence electrons. The summed E-state index contributed by atoms with van der Waals surface area (Å²) in [5.41, 5.74) is -0.00468. The number of amides is 1. The maximum absolute atomic E-state index is 13.7. The number of rotatable bonds is 10. The number of nitrogens with zero attached hydrogens (tertiary/aromatic N) is 3. The minimum Gasteiger partial charge on any atom is -0.493 e. The van der Waals surface area contributed by atoms with Gasteiger partial charge in [0.05, 0.1) is 18.7 Å². The van der Waals surface area contributed by atoms with Crippen molar-refractivity contribution in [2.24, 2.45) is 0 Å². The second kappa shape index (κ2) is 10.4. The number of benzene rings is 2. The molecule has 0 aliphatic heterocycles. The normalized spacial score (nSPS) is 10.5. The largest absolute Gasteiger partial charge is 0.493 e. The Kier molecular flexibility index (Phi) is 7.40. The molecule has 8 heteroatoms. The molecular formula is C21H21FN4O2S. The van der Waals surface area contributed by atoms with E-state index in [1.807, 2.05) is 34.9 Å². The van der Waals surface area contributed by atoms with Gasteiger partial charge in [-0.05, 0) is 24.3 Å². The number of thioether (sulfide) groups is 1. The third-order valence-corrected chi connectivity index (χ3v) is 4.89. The number of aromatic nitrogens is 3. The predicted molar refractivity (Wildman–Crippen MR) is 110 cm³/mol. The fourth-order valence-corrected chi connectivity index (χ4v) is 3.36. The van der Waals surface area contributed by atoms with Crippen LogP contribution < -0.4 is 10.1 Å². The summed E-state index contributed by atoms with van der Waals surface area (Å²) >= 11 is 1.50. The average molecular weight is 412 g/mol. The number of carbonyl (C=O) groups is 1. The van der Waals surface area contributed by atoms with E-state index in [0.717, 1.165) is 5.75 Å². The van der Waals surface area contributed by atoms with Gasteiger partial charge in [-0.15, -0.1) is 16.8 Å². The second-order valence-electron chi connectivity index (χ2n) is 5.97. The van der Waals surface area contributed by atoms with E-state index in [0.29, 0.717) is 29.9 Å². The van der Waals surface area contributed by atoms with Gasteiger partial charge < -0.3 is 14.6 Å². The van der Waals surface area contributed by atoms with Crippen molar-refractivity contribution in [3.05, 3.63) is 84.5 Å². The second-order valence-corrected chi connectivity index (χ2v) is 7.03. The van der Waals surface area contributed by atoms with Crippen molar-refractivity contribution in [1.82, 2.24) is 20.1 Å². The zero-order valence-electron chi connectivity index (χ0n) is 15.8. The van der Waals surface area contributed by atoms with E-state index in [9.17, 15) is 9.18 Å². The van der Waals surface area contributed by atoms with Crippen molar-refractivity contribution in [3.63, 3.8) is 0 Å². The molecule has 0 bridgehead atoms. The van der Waals surface area contributed by atoms with E-state index < -0.39 is 11.7 Å². The van der Waals surface area contributed by atoms with Gasteiger partial charge >= 0.3 is 0 Å². The molecule has 3 rings (SSSR count). The summed E-state index contributed by atoms with van der Waals surface area (Å²) in [6.45, 7) is 4.92. The van der Waals surface area contributed by atoms with Crippen LogP contribution in [-0.4, -0.2) is 33.0 Å². The summed E-state index contributed by atoms with van der Waals surface area (Å²) in [6.07, 6.45) is 1.73. The summed E-state index contributed by atoms with van der Waals surface area (Å²) in [4.78, 5) is 12.2. The van der Waals surface area contributed by atoms with E-state index in [1.165, 1.54) is 30.0 Å². The number of carbonyl (C=O) groups excluding carboxylic acids is 1. The lowest BCUT2D eigenvalue weighted by molar-refractivity contribution is 0.0945. The van der Waals surface area contributed by atoms with Gasteiger partial charge in [0.2, 0.25) is 0 Å². The Morgan fingerprint density at radius 2 is 1.93 bits per heavy atom. The maximum atomic E-state index is 13.7. The third kappa shape index (κ3) is 5.68. The molecule has 0 saturated carbocycles. The first-order valence-electron chi connectivity index (χ1n) is 9.05. The van der Waals surface area contributed by atoms with E-state index in [-0.39, 0.29) is 12.1 Å². The van der Waals surface area contributed by atoms with Crippen molar-refractivity contribution >= 4 is 17.7 Å². The number of allylic oxidation sites excluding steroid dienone is 1. The van der Waals surface area contributed by atoms with Crippen LogP contribution in [0.15, 0.2) is 72.4 Å². The van der Waals surface area contributed by atoms with Crippen LogP contribution in [0.2, 0.25) is 0 Å². The van der Waals surface area contributed by atoms with Gasteiger partial charge in [0, 0.05) is 12.3 Å². The van der Waals surface area contributed by atoms with E-state index in [2.05, 4.69) is 22.1 Å². The zero-order valence-corrected chi connectivity index (χ0v) is 16.6.